The van der Waals surface area contributed by atoms with Gasteiger partial charge in [-0.25, -0.2) is 4.98 Å². The number of hydrogen-bond donors (Lipinski definition) is 1. The van der Waals surface area contributed by atoms with Crippen LogP contribution in [-0.4, -0.2) is 28.5 Å². The van der Waals surface area contributed by atoms with Crippen molar-refractivity contribution >= 4 is 11.9 Å². The molecule has 0 fully saturated rings. The van der Waals surface area contributed by atoms with Crippen molar-refractivity contribution in [3.63, 3.8) is 0 Å². The average Bonchev–Trinajstić information content (AvgIpc) is 2.31. The topological polar surface area (TPSA) is 47.1 Å². The molecule has 0 saturated carbocycles. The maximum Gasteiger partial charge on any atom is 0.129 e. The fourth-order valence-electron chi connectivity index (χ4n) is 0.962. The third-order valence-corrected chi connectivity index (χ3v) is 1.97. The van der Waals surface area contributed by atoms with Gasteiger partial charge in [-0.3, -0.25) is 5.14 Å². The molecule has 68 valence electrons. The number of aromatic nitrogens is 2. The molecule has 1 rings (SSSR count). The van der Waals surface area contributed by atoms with Gasteiger partial charge in [0.1, 0.15) is 10.9 Å². The molecular formula is C7H14N4S. The van der Waals surface area contributed by atoms with Crippen LogP contribution >= 0.6 is 11.9 Å². The Kier molecular flexibility index (Phi) is 3.13. The Morgan fingerprint density at radius 2 is 2.33 bits per heavy atom. The monoisotopic (exact) mass is 186 g/mol. The quantitative estimate of drug-likeness (QED) is 0.696. The summed E-state index contributed by atoms with van der Waals surface area (Å²) in [7, 11) is 6.01. The van der Waals surface area contributed by atoms with Crippen LogP contribution in [0.15, 0.2) is 11.2 Å². The van der Waals surface area contributed by atoms with Crippen LogP contribution in [-0.2, 0) is 13.6 Å². The number of nitrogens with zero attached hydrogens (tertiary/aromatic N) is 3. The molecule has 5 heteroatoms. The van der Waals surface area contributed by atoms with Gasteiger partial charge in [-0.05, 0) is 26.0 Å². The zero-order valence-electron chi connectivity index (χ0n) is 7.61. The number of rotatable bonds is 3. The van der Waals surface area contributed by atoms with E-state index in [4.69, 9.17) is 5.14 Å². The molecule has 0 atom stereocenters. The van der Waals surface area contributed by atoms with Gasteiger partial charge in [-0.2, -0.15) is 0 Å². The van der Waals surface area contributed by atoms with E-state index >= 15 is 0 Å². The van der Waals surface area contributed by atoms with Gasteiger partial charge < -0.3 is 9.47 Å². The summed E-state index contributed by atoms with van der Waals surface area (Å²) in [4.78, 5) is 6.40. The van der Waals surface area contributed by atoms with E-state index in [0.29, 0.717) is 0 Å². The van der Waals surface area contributed by atoms with E-state index in [9.17, 15) is 0 Å². The second-order valence-corrected chi connectivity index (χ2v) is 3.62. The smallest absolute Gasteiger partial charge is 0.129 e. The zero-order valence-corrected chi connectivity index (χ0v) is 8.43. The van der Waals surface area contributed by atoms with E-state index in [1.165, 1.54) is 11.9 Å². The summed E-state index contributed by atoms with van der Waals surface area (Å²) in [6.07, 6.45) is 1.93. The van der Waals surface area contributed by atoms with Crippen molar-refractivity contribution in [1.29, 1.82) is 0 Å². The van der Waals surface area contributed by atoms with Gasteiger partial charge in [0.25, 0.3) is 0 Å². The predicted octanol–water partition coefficient (Wildman–Crippen LogP) is 0.447. The summed E-state index contributed by atoms with van der Waals surface area (Å²) >= 11 is 1.18. The molecule has 4 nitrogen and oxygen atoms in total. The minimum Gasteiger partial charge on any atom is -0.336 e. The van der Waals surface area contributed by atoms with Crippen LogP contribution in [0.25, 0.3) is 0 Å². The molecular weight excluding hydrogens is 172 g/mol. The molecule has 0 aliphatic heterocycles. The van der Waals surface area contributed by atoms with Gasteiger partial charge in [0.15, 0.2) is 0 Å². The minimum atomic E-state index is 0.844. The normalized spacial score (nSPS) is 11.1. The first-order valence-corrected chi connectivity index (χ1v) is 4.55. The molecule has 0 unspecified atom stereocenters. The SMILES string of the molecule is CN(C)Cc1nc(SN)cn1C. The molecule has 1 aromatic rings. The van der Waals surface area contributed by atoms with Crippen molar-refractivity contribution in [2.24, 2.45) is 12.2 Å². The van der Waals surface area contributed by atoms with Crippen LogP contribution < -0.4 is 5.14 Å². The van der Waals surface area contributed by atoms with E-state index < -0.39 is 0 Å². The highest BCUT2D eigenvalue weighted by molar-refractivity contribution is 7.97. The van der Waals surface area contributed by atoms with Crippen LogP contribution in [0.5, 0.6) is 0 Å². The zero-order chi connectivity index (χ0) is 9.14. The lowest BCUT2D eigenvalue weighted by atomic mass is 10.5. The van der Waals surface area contributed by atoms with Crippen molar-refractivity contribution in [2.75, 3.05) is 14.1 Å². The summed E-state index contributed by atoms with van der Waals surface area (Å²) in [5.41, 5.74) is 0. The standard InChI is InChI=1S/C7H14N4S/c1-10(2)4-6-9-7(12-8)5-11(6)3/h5H,4,8H2,1-3H3. The molecule has 0 aromatic carbocycles. The summed E-state index contributed by atoms with van der Waals surface area (Å²) in [6, 6.07) is 0. The maximum absolute atomic E-state index is 5.39. The van der Waals surface area contributed by atoms with E-state index in [-0.39, 0.29) is 0 Å². The molecule has 0 saturated heterocycles. The Morgan fingerprint density at radius 3 is 2.75 bits per heavy atom. The van der Waals surface area contributed by atoms with E-state index in [1.54, 1.807) is 0 Å². The summed E-state index contributed by atoms with van der Waals surface area (Å²) in [5, 5.41) is 6.26. The van der Waals surface area contributed by atoms with Crippen LogP contribution in [0.4, 0.5) is 0 Å². The van der Waals surface area contributed by atoms with E-state index in [2.05, 4.69) is 9.88 Å². The van der Waals surface area contributed by atoms with Crippen LogP contribution in [0, 0.1) is 0 Å². The molecule has 0 spiro atoms. The highest BCUT2D eigenvalue weighted by atomic mass is 32.2. The van der Waals surface area contributed by atoms with Crippen LogP contribution in [0.2, 0.25) is 0 Å². The highest BCUT2D eigenvalue weighted by Crippen LogP contribution is 2.10. The van der Waals surface area contributed by atoms with Crippen molar-refractivity contribution in [3.8, 4) is 0 Å². The molecule has 0 bridgehead atoms. The van der Waals surface area contributed by atoms with Gasteiger partial charge in [-0.15, -0.1) is 0 Å². The number of imidazole rings is 1. The number of nitrogens with two attached hydrogens (primary N) is 1. The van der Waals surface area contributed by atoms with E-state index in [0.717, 1.165) is 17.4 Å². The Balaban J connectivity index is 2.77. The molecule has 0 aliphatic rings. The molecule has 2 N–H and O–H groups in total. The van der Waals surface area contributed by atoms with Gasteiger partial charge in [-0.1, -0.05) is 0 Å². The summed E-state index contributed by atoms with van der Waals surface area (Å²) in [5.74, 6) is 1.04. The molecule has 0 radical (unpaired) electrons. The number of hydrogen-bond acceptors (Lipinski definition) is 4. The fraction of sp³-hybridized carbons (Fsp3) is 0.571. The van der Waals surface area contributed by atoms with Crippen LogP contribution in [0.1, 0.15) is 5.82 Å². The van der Waals surface area contributed by atoms with Gasteiger partial charge in [0.05, 0.1) is 6.54 Å². The predicted molar refractivity (Wildman–Crippen MR) is 50.6 cm³/mol. The Morgan fingerprint density at radius 1 is 1.67 bits per heavy atom. The molecule has 1 heterocycles. The fourth-order valence-corrected chi connectivity index (χ4v) is 1.34. The third kappa shape index (κ3) is 2.23. The lowest BCUT2D eigenvalue weighted by molar-refractivity contribution is 0.384. The molecule has 0 amide bonds. The Hall–Kier alpha value is -0.520. The summed E-state index contributed by atoms with van der Waals surface area (Å²) in [6.45, 7) is 0.844. The van der Waals surface area contributed by atoms with Crippen LogP contribution in [0.3, 0.4) is 0 Å². The second-order valence-electron chi connectivity index (χ2n) is 2.96. The lowest BCUT2D eigenvalue weighted by Crippen LogP contribution is -2.14. The second kappa shape index (κ2) is 3.93. The first-order chi connectivity index (χ1) is 5.63. The Labute approximate surface area is 76.9 Å². The molecule has 1 aromatic heterocycles. The maximum atomic E-state index is 5.39. The van der Waals surface area contributed by atoms with Gasteiger partial charge in [0.2, 0.25) is 0 Å². The van der Waals surface area contributed by atoms with Crippen molar-refractivity contribution in [2.45, 2.75) is 11.6 Å². The Bertz CT molecular complexity index is 256. The lowest BCUT2D eigenvalue weighted by Gasteiger charge is -2.07. The summed E-state index contributed by atoms with van der Waals surface area (Å²) < 4.78 is 2.00. The minimum absolute atomic E-state index is 0.844. The average molecular weight is 186 g/mol. The first kappa shape index (κ1) is 9.57. The largest absolute Gasteiger partial charge is 0.336 e. The van der Waals surface area contributed by atoms with Crippen molar-refractivity contribution < 1.29 is 0 Å². The van der Waals surface area contributed by atoms with E-state index in [1.807, 2.05) is 31.9 Å². The third-order valence-electron chi connectivity index (χ3n) is 1.53. The molecule has 12 heavy (non-hydrogen) atoms. The van der Waals surface area contributed by atoms with Gasteiger partial charge in [0, 0.05) is 13.2 Å². The van der Waals surface area contributed by atoms with Gasteiger partial charge >= 0.3 is 0 Å². The molecule has 0 aliphatic carbocycles. The number of aryl methyl sites for hydroxylation is 1. The van der Waals surface area contributed by atoms with Crippen molar-refractivity contribution in [3.05, 3.63) is 12.0 Å². The highest BCUT2D eigenvalue weighted by Gasteiger charge is 2.04. The van der Waals surface area contributed by atoms with Crippen molar-refractivity contribution in [1.82, 2.24) is 14.5 Å². The first-order valence-electron chi connectivity index (χ1n) is 3.67.